The summed E-state index contributed by atoms with van der Waals surface area (Å²) in [5.41, 5.74) is 1.85. The first-order chi connectivity index (χ1) is 7.61. The Morgan fingerprint density at radius 1 is 1.50 bits per heavy atom. The molecule has 4 nitrogen and oxygen atoms in total. The number of anilines is 1. The number of rotatable bonds is 4. The van der Waals surface area contributed by atoms with E-state index in [1.165, 1.54) is 0 Å². The molecular formula is C12H18N2O2. The molecule has 0 spiro atoms. The van der Waals surface area contributed by atoms with Crippen molar-refractivity contribution in [2.24, 2.45) is 0 Å². The van der Waals surface area contributed by atoms with Gasteiger partial charge in [0.1, 0.15) is 6.10 Å². The first-order valence-electron chi connectivity index (χ1n) is 5.30. The van der Waals surface area contributed by atoms with Gasteiger partial charge in [-0.05, 0) is 38.6 Å². The Balaban J connectivity index is 2.45. The fraction of sp³-hybridized carbons (Fsp3) is 0.417. The molecule has 16 heavy (non-hydrogen) atoms. The van der Waals surface area contributed by atoms with Crippen LogP contribution in [0.3, 0.4) is 0 Å². The Hall–Kier alpha value is -1.55. The second-order valence-corrected chi connectivity index (χ2v) is 3.77. The van der Waals surface area contributed by atoms with Gasteiger partial charge in [0.25, 0.3) is 0 Å². The van der Waals surface area contributed by atoms with Crippen molar-refractivity contribution >= 4 is 11.8 Å². The molecule has 0 heterocycles. The Morgan fingerprint density at radius 3 is 2.88 bits per heavy atom. The van der Waals surface area contributed by atoms with Crippen LogP contribution in [0.5, 0.6) is 0 Å². The highest BCUT2D eigenvalue weighted by Gasteiger charge is 2.08. The highest BCUT2D eigenvalue weighted by atomic mass is 16.6. The Morgan fingerprint density at radius 2 is 2.25 bits per heavy atom. The molecule has 2 N–H and O–H groups in total. The molecule has 88 valence electrons. The molecule has 1 amide bonds. The molecule has 0 aromatic heterocycles. The summed E-state index contributed by atoms with van der Waals surface area (Å²) in [6.07, 6.45) is -0.567. The van der Waals surface area contributed by atoms with E-state index in [0.717, 1.165) is 11.3 Å². The molecule has 0 saturated heterocycles. The first-order valence-corrected chi connectivity index (χ1v) is 5.30. The third-order valence-electron chi connectivity index (χ3n) is 2.06. The number of hydrogen-bond donors (Lipinski definition) is 2. The van der Waals surface area contributed by atoms with Crippen molar-refractivity contribution in [3.63, 3.8) is 0 Å². The number of benzene rings is 1. The summed E-state index contributed by atoms with van der Waals surface area (Å²) in [4.78, 5) is 11.4. The van der Waals surface area contributed by atoms with Crippen LogP contribution < -0.4 is 10.6 Å². The van der Waals surface area contributed by atoms with Gasteiger partial charge in [-0.15, -0.1) is 0 Å². The SMILES string of the molecule is CNCC(C)OC(=O)Nc1cccc(C)c1. The summed E-state index contributed by atoms with van der Waals surface area (Å²) >= 11 is 0. The van der Waals surface area contributed by atoms with E-state index in [-0.39, 0.29) is 6.10 Å². The summed E-state index contributed by atoms with van der Waals surface area (Å²) in [7, 11) is 1.82. The van der Waals surface area contributed by atoms with Gasteiger partial charge in [0, 0.05) is 12.2 Å². The van der Waals surface area contributed by atoms with Crippen LogP contribution in [0.2, 0.25) is 0 Å². The third-order valence-corrected chi connectivity index (χ3v) is 2.06. The van der Waals surface area contributed by atoms with Gasteiger partial charge in [-0.1, -0.05) is 12.1 Å². The molecule has 0 aliphatic carbocycles. The van der Waals surface area contributed by atoms with Gasteiger partial charge in [0.05, 0.1) is 0 Å². The average Bonchev–Trinajstić information content (AvgIpc) is 2.17. The third kappa shape index (κ3) is 4.31. The largest absolute Gasteiger partial charge is 0.445 e. The Bertz CT molecular complexity index is 353. The van der Waals surface area contributed by atoms with Crippen LogP contribution in [0, 0.1) is 6.92 Å². The lowest BCUT2D eigenvalue weighted by Crippen LogP contribution is -2.28. The van der Waals surface area contributed by atoms with E-state index >= 15 is 0 Å². The molecule has 0 bridgehead atoms. The van der Waals surface area contributed by atoms with Crippen LogP contribution in [0.15, 0.2) is 24.3 Å². The summed E-state index contributed by atoms with van der Waals surface area (Å²) in [5.74, 6) is 0. The number of aryl methyl sites for hydroxylation is 1. The van der Waals surface area contributed by atoms with Gasteiger partial charge in [-0.3, -0.25) is 5.32 Å². The maximum Gasteiger partial charge on any atom is 0.411 e. The van der Waals surface area contributed by atoms with Crippen molar-refractivity contribution in [2.45, 2.75) is 20.0 Å². The van der Waals surface area contributed by atoms with Gasteiger partial charge >= 0.3 is 6.09 Å². The van der Waals surface area contributed by atoms with Crippen molar-refractivity contribution in [3.8, 4) is 0 Å². The fourth-order valence-corrected chi connectivity index (χ4v) is 1.38. The number of carbonyl (C=O) groups excluding carboxylic acids is 1. The normalized spacial score (nSPS) is 11.9. The standard InChI is InChI=1S/C12H18N2O2/c1-9-5-4-6-11(7-9)14-12(15)16-10(2)8-13-3/h4-7,10,13H,8H2,1-3H3,(H,14,15). The number of nitrogens with one attached hydrogen (secondary N) is 2. The predicted molar refractivity (Wildman–Crippen MR) is 64.7 cm³/mol. The van der Waals surface area contributed by atoms with Gasteiger partial charge in [0.2, 0.25) is 0 Å². The van der Waals surface area contributed by atoms with E-state index in [4.69, 9.17) is 4.74 Å². The van der Waals surface area contributed by atoms with Crippen LogP contribution in [-0.2, 0) is 4.74 Å². The number of ether oxygens (including phenoxy) is 1. The van der Waals surface area contributed by atoms with E-state index in [1.807, 2.05) is 45.2 Å². The van der Waals surface area contributed by atoms with Crippen LogP contribution in [0.4, 0.5) is 10.5 Å². The molecule has 1 atom stereocenters. The van der Waals surface area contributed by atoms with Gasteiger partial charge in [0.15, 0.2) is 0 Å². The van der Waals surface area contributed by atoms with Crippen molar-refractivity contribution in [1.82, 2.24) is 5.32 Å². The Kier molecular flexibility index (Phi) is 4.79. The molecule has 1 rings (SSSR count). The molecule has 1 aromatic rings. The highest BCUT2D eigenvalue weighted by molar-refractivity contribution is 5.84. The van der Waals surface area contributed by atoms with Gasteiger partial charge in [-0.25, -0.2) is 4.79 Å². The van der Waals surface area contributed by atoms with E-state index < -0.39 is 6.09 Å². The van der Waals surface area contributed by atoms with Crippen LogP contribution in [0.1, 0.15) is 12.5 Å². The number of carbonyl (C=O) groups is 1. The number of amides is 1. The maximum atomic E-state index is 11.4. The predicted octanol–water partition coefficient (Wildman–Crippen LogP) is 2.15. The van der Waals surface area contributed by atoms with Crippen LogP contribution in [-0.4, -0.2) is 25.8 Å². The molecule has 0 aliphatic rings. The van der Waals surface area contributed by atoms with Crippen LogP contribution in [0.25, 0.3) is 0 Å². The topological polar surface area (TPSA) is 50.4 Å². The smallest absolute Gasteiger partial charge is 0.411 e. The van der Waals surface area contributed by atoms with E-state index in [1.54, 1.807) is 0 Å². The minimum atomic E-state index is -0.423. The molecule has 1 aromatic carbocycles. The van der Waals surface area contributed by atoms with Crippen molar-refractivity contribution in [2.75, 3.05) is 18.9 Å². The average molecular weight is 222 g/mol. The minimum absolute atomic E-state index is 0.144. The number of hydrogen-bond acceptors (Lipinski definition) is 3. The second-order valence-electron chi connectivity index (χ2n) is 3.77. The lowest BCUT2D eigenvalue weighted by Gasteiger charge is -2.13. The molecule has 0 saturated carbocycles. The van der Waals surface area contributed by atoms with E-state index in [9.17, 15) is 4.79 Å². The Labute approximate surface area is 96.0 Å². The lowest BCUT2D eigenvalue weighted by atomic mass is 10.2. The zero-order chi connectivity index (χ0) is 12.0. The minimum Gasteiger partial charge on any atom is -0.445 e. The molecule has 0 radical (unpaired) electrons. The fourth-order valence-electron chi connectivity index (χ4n) is 1.38. The summed E-state index contributed by atoms with van der Waals surface area (Å²) < 4.78 is 5.12. The maximum absolute atomic E-state index is 11.4. The molecule has 4 heteroatoms. The summed E-state index contributed by atoms with van der Waals surface area (Å²) in [5, 5.41) is 5.62. The van der Waals surface area contributed by atoms with Crippen molar-refractivity contribution in [3.05, 3.63) is 29.8 Å². The van der Waals surface area contributed by atoms with Gasteiger partial charge in [-0.2, -0.15) is 0 Å². The molecule has 0 aliphatic heterocycles. The first kappa shape index (κ1) is 12.5. The lowest BCUT2D eigenvalue weighted by molar-refractivity contribution is 0.121. The summed E-state index contributed by atoms with van der Waals surface area (Å²) in [6.45, 7) is 4.45. The monoisotopic (exact) mass is 222 g/mol. The number of likely N-dealkylation sites (N-methyl/N-ethyl adjacent to an activating group) is 1. The van der Waals surface area contributed by atoms with E-state index in [0.29, 0.717) is 6.54 Å². The zero-order valence-electron chi connectivity index (χ0n) is 9.91. The zero-order valence-corrected chi connectivity index (χ0v) is 9.91. The molecule has 0 fully saturated rings. The van der Waals surface area contributed by atoms with Crippen molar-refractivity contribution in [1.29, 1.82) is 0 Å². The van der Waals surface area contributed by atoms with Crippen molar-refractivity contribution < 1.29 is 9.53 Å². The quantitative estimate of drug-likeness (QED) is 0.820. The second kappa shape index (κ2) is 6.12. The summed E-state index contributed by atoms with van der Waals surface area (Å²) in [6, 6.07) is 7.59. The van der Waals surface area contributed by atoms with Gasteiger partial charge < -0.3 is 10.1 Å². The molecular weight excluding hydrogens is 204 g/mol. The molecule has 1 unspecified atom stereocenters. The highest BCUT2D eigenvalue weighted by Crippen LogP contribution is 2.09. The van der Waals surface area contributed by atoms with Crippen LogP contribution >= 0.6 is 0 Å². The van der Waals surface area contributed by atoms with E-state index in [2.05, 4.69) is 10.6 Å².